The number of benzene rings is 1. The Bertz CT molecular complexity index is 328. The van der Waals surface area contributed by atoms with Gasteiger partial charge in [0, 0.05) is 17.1 Å². The van der Waals surface area contributed by atoms with Gasteiger partial charge in [0.1, 0.15) is 12.4 Å². The van der Waals surface area contributed by atoms with E-state index in [-0.39, 0.29) is 0 Å². The maximum Gasteiger partial charge on any atom is 0.120 e. The van der Waals surface area contributed by atoms with Crippen LogP contribution < -0.4 is 10.1 Å². The van der Waals surface area contributed by atoms with E-state index in [0.717, 1.165) is 22.7 Å². The Balaban J connectivity index is 2.16. The van der Waals surface area contributed by atoms with Gasteiger partial charge < -0.3 is 10.1 Å². The maximum absolute atomic E-state index is 5.65. The van der Waals surface area contributed by atoms with Gasteiger partial charge in [0.05, 0.1) is 0 Å². The molecule has 17 heavy (non-hydrogen) atoms. The van der Waals surface area contributed by atoms with Crippen LogP contribution >= 0.6 is 15.9 Å². The summed E-state index contributed by atoms with van der Waals surface area (Å²) in [5.74, 6) is 1.65. The third-order valence-electron chi connectivity index (χ3n) is 2.48. The first kappa shape index (κ1) is 14.5. The van der Waals surface area contributed by atoms with Crippen LogP contribution in [0.15, 0.2) is 28.7 Å². The summed E-state index contributed by atoms with van der Waals surface area (Å²) in [7, 11) is 0. The van der Waals surface area contributed by atoms with Crippen LogP contribution in [-0.2, 0) is 0 Å². The first-order chi connectivity index (χ1) is 8.08. The summed E-state index contributed by atoms with van der Waals surface area (Å²) in [6, 6.07) is 8.49. The summed E-state index contributed by atoms with van der Waals surface area (Å²) in [6.07, 6.45) is 1.21. The van der Waals surface area contributed by atoms with Crippen molar-refractivity contribution >= 4 is 15.9 Å². The highest BCUT2D eigenvalue weighted by Crippen LogP contribution is 2.17. The van der Waals surface area contributed by atoms with Gasteiger partial charge in [0.15, 0.2) is 0 Å². The van der Waals surface area contributed by atoms with Crippen molar-refractivity contribution in [2.24, 2.45) is 5.92 Å². The summed E-state index contributed by atoms with van der Waals surface area (Å²) in [6.45, 7) is 8.31. The van der Waals surface area contributed by atoms with Gasteiger partial charge >= 0.3 is 0 Å². The van der Waals surface area contributed by atoms with Crippen LogP contribution in [0.1, 0.15) is 27.2 Å². The average Bonchev–Trinajstić information content (AvgIpc) is 2.23. The molecule has 1 unspecified atom stereocenters. The predicted octanol–water partition coefficient (Wildman–Crippen LogP) is 3.85. The Hall–Kier alpha value is -0.540. The van der Waals surface area contributed by atoms with E-state index in [4.69, 9.17) is 4.74 Å². The average molecular weight is 300 g/mol. The van der Waals surface area contributed by atoms with Crippen LogP contribution in [0.4, 0.5) is 0 Å². The van der Waals surface area contributed by atoms with Crippen molar-refractivity contribution in [3.05, 3.63) is 28.7 Å². The minimum absolute atomic E-state index is 0.557. The molecule has 0 aliphatic carbocycles. The lowest BCUT2D eigenvalue weighted by Crippen LogP contribution is -2.31. The standard InChI is InChI=1S/C14H22BrNO/c1-11(2)9-12(3)16-7-8-17-14-6-4-5-13(15)10-14/h4-6,10-12,16H,7-9H2,1-3H3. The second-order valence-electron chi connectivity index (χ2n) is 4.79. The van der Waals surface area contributed by atoms with Gasteiger partial charge in [-0.25, -0.2) is 0 Å². The lowest BCUT2D eigenvalue weighted by atomic mass is 10.1. The second kappa shape index (κ2) is 7.72. The predicted molar refractivity (Wildman–Crippen MR) is 76.6 cm³/mol. The fraction of sp³-hybridized carbons (Fsp3) is 0.571. The quantitative estimate of drug-likeness (QED) is 0.772. The number of hydrogen-bond donors (Lipinski definition) is 1. The van der Waals surface area contributed by atoms with Gasteiger partial charge in [0.25, 0.3) is 0 Å². The zero-order chi connectivity index (χ0) is 12.7. The molecule has 0 spiro atoms. The third kappa shape index (κ3) is 6.69. The van der Waals surface area contributed by atoms with E-state index in [2.05, 4.69) is 42.0 Å². The van der Waals surface area contributed by atoms with Gasteiger partial charge in [-0.3, -0.25) is 0 Å². The van der Waals surface area contributed by atoms with Crippen molar-refractivity contribution in [3.8, 4) is 5.75 Å². The molecular formula is C14H22BrNO. The second-order valence-corrected chi connectivity index (χ2v) is 5.71. The first-order valence-corrected chi connectivity index (χ1v) is 6.99. The lowest BCUT2D eigenvalue weighted by molar-refractivity contribution is 0.301. The molecule has 1 atom stereocenters. The summed E-state index contributed by atoms with van der Waals surface area (Å²) < 4.78 is 6.70. The van der Waals surface area contributed by atoms with Crippen molar-refractivity contribution < 1.29 is 4.74 Å². The molecule has 0 aromatic heterocycles. The van der Waals surface area contributed by atoms with E-state index in [1.807, 2.05) is 24.3 Å². The Morgan fingerprint density at radius 2 is 2.06 bits per heavy atom. The maximum atomic E-state index is 5.65. The third-order valence-corrected chi connectivity index (χ3v) is 2.98. The molecule has 0 radical (unpaired) electrons. The van der Waals surface area contributed by atoms with Crippen LogP contribution in [0, 0.1) is 5.92 Å². The van der Waals surface area contributed by atoms with Gasteiger partial charge in [-0.1, -0.05) is 35.8 Å². The highest BCUT2D eigenvalue weighted by atomic mass is 79.9. The van der Waals surface area contributed by atoms with Gasteiger partial charge in [-0.15, -0.1) is 0 Å². The minimum atomic E-state index is 0.557. The van der Waals surface area contributed by atoms with Crippen molar-refractivity contribution in [1.29, 1.82) is 0 Å². The molecule has 0 fully saturated rings. The van der Waals surface area contributed by atoms with Crippen LogP contribution in [0.2, 0.25) is 0 Å². The molecule has 96 valence electrons. The molecule has 0 saturated carbocycles. The highest BCUT2D eigenvalue weighted by Gasteiger charge is 2.03. The Labute approximate surface area is 113 Å². The SMILES string of the molecule is CC(C)CC(C)NCCOc1cccc(Br)c1. The lowest BCUT2D eigenvalue weighted by Gasteiger charge is -2.16. The van der Waals surface area contributed by atoms with Gasteiger partial charge in [-0.05, 0) is 37.5 Å². The minimum Gasteiger partial charge on any atom is -0.492 e. The van der Waals surface area contributed by atoms with Gasteiger partial charge in [0.2, 0.25) is 0 Å². The first-order valence-electron chi connectivity index (χ1n) is 6.19. The van der Waals surface area contributed by atoms with E-state index >= 15 is 0 Å². The summed E-state index contributed by atoms with van der Waals surface area (Å²) >= 11 is 3.43. The van der Waals surface area contributed by atoms with E-state index < -0.39 is 0 Å². The molecule has 1 N–H and O–H groups in total. The number of nitrogens with one attached hydrogen (secondary N) is 1. The molecule has 1 aromatic rings. The Kier molecular flexibility index (Phi) is 6.60. The molecule has 0 bridgehead atoms. The molecule has 0 aliphatic heterocycles. The molecule has 1 aromatic carbocycles. The number of rotatable bonds is 7. The van der Waals surface area contributed by atoms with Crippen LogP contribution in [0.5, 0.6) is 5.75 Å². The smallest absolute Gasteiger partial charge is 0.120 e. The van der Waals surface area contributed by atoms with Crippen molar-refractivity contribution in [3.63, 3.8) is 0 Å². The molecular weight excluding hydrogens is 278 g/mol. The fourth-order valence-electron chi connectivity index (χ4n) is 1.82. The van der Waals surface area contributed by atoms with Crippen molar-refractivity contribution in [1.82, 2.24) is 5.32 Å². The zero-order valence-corrected chi connectivity index (χ0v) is 12.5. The normalized spacial score (nSPS) is 12.8. The molecule has 1 rings (SSSR count). The molecule has 3 heteroatoms. The largest absolute Gasteiger partial charge is 0.492 e. The van der Waals surface area contributed by atoms with Gasteiger partial charge in [-0.2, -0.15) is 0 Å². The monoisotopic (exact) mass is 299 g/mol. The Morgan fingerprint density at radius 3 is 2.71 bits per heavy atom. The summed E-state index contributed by atoms with van der Waals surface area (Å²) in [4.78, 5) is 0. The molecule has 0 saturated heterocycles. The molecule has 2 nitrogen and oxygen atoms in total. The van der Waals surface area contributed by atoms with Crippen LogP contribution in [-0.4, -0.2) is 19.2 Å². The van der Waals surface area contributed by atoms with Crippen molar-refractivity contribution in [2.45, 2.75) is 33.2 Å². The fourth-order valence-corrected chi connectivity index (χ4v) is 2.20. The number of ether oxygens (including phenoxy) is 1. The van der Waals surface area contributed by atoms with E-state index in [9.17, 15) is 0 Å². The number of halogens is 1. The highest BCUT2D eigenvalue weighted by molar-refractivity contribution is 9.10. The van der Waals surface area contributed by atoms with E-state index in [0.29, 0.717) is 12.6 Å². The van der Waals surface area contributed by atoms with Crippen LogP contribution in [0.3, 0.4) is 0 Å². The topological polar surface area (TPSA) is 21.3 Å². The molecule has 0 amide bonds. The summed E-state index contributed by atoms with van der Waals surface area (Å²) in [5, 5.41) is 3.46. The number of hydrogen-bond acceptors (Lipinski definition) is 2. The Morgan fingerprint density at radius 1 is 1.29 bits per heavy atom. The van der Waals surface area contributed by atoms with Crippen molar-refractivity contribution in [2.75, 3.05) is 13.2 Å². The molecule has 0 aliphatic rings. The summed E-state index contributed by atoms with van der Waals surface area (Å²) in [5.41, 5.74) is 0. The van der Waals surface area contributed by atoms with E-state index in [1.165, 1.54) is 6.42 Å². The zero-order valence-electron chi connectivity index (χ0n) is 10.9. The molecule has 0 heterocycles. The van der Waals surface area contributed by atoms with E-state index in [1.54, 1.807) is 0 Å². The van der Waals surface area contributed by atoms with Crippen LogP contribution in [0.25, 0.3) is 0 Å².